The molecule has 0 amide bonds. The summed E-state index contributed by atoms with van der Waals surface area (Å²) < 4.78 is 9.54. The molecule has 1 aliphatic heterocycles. The normalized spacial score (nSPS) is 17.6. The maximum atomic E-state index is 10.8. The van der Waals surface area contributed by atoms with E-state index in [0.717, 1.165) is 13.1 Å². The van der Waals surface area contributed by atoms with Gasteiger partial charge in [-0.1, -0.05) is 30.3 Å². The van der Waals surface area contributed by atoms with Gasteiger partial charge in [0.05, 0.1) is 13.1 Å². The third-order valence-corrected chi connectivity index (χ3v) is 2.39. The average Bonchev–Trinajstić information content (AvgIpc) is 2.27. The lowest BCUT2D eigenvalue weighted by Gasteiger charge is -2.18. The minimum atomic E-state index is -0.612. The molecule has 0 aliphatic carbocycles. The number of carbonyl (C=O) groups excluding carboxylic acids is 2. The number of rotatable bonds is 2. The SMILES string of the molecule is O=C1OCCN(Cc2ccccc2)CC=[O+]1. The minimum absolute atomic E-state index is 0.375. The van der Waals surface area contributed by atoms with Crippen molar-refractivity contribution in [2.24, 2.45) is 0 Å². The van der Waals surface area contributed by atoms with Gasteiger partial charge in [0.1, 0.15) is 0 Å². The second kappa shape index (κ2) is 5.42. The summed E-state index contributed by atoms with van der Waals surface area (Å²) >= 11 is 0. The van der Waals surface area contributed by atoms with Crippen LogP contribution in [0.4, 0.5) is 4.79 Å². The maximum Gasteiger partial charge on any atom is 0.783 e. The molecular weight excluding hydrogens is 206 g/mol. The Bertz CT molecular complexity index is 375. The predicted molar refractivity (Wildman–Crippen MR) is 59.1 cm³/mol. The summed E-state index contributed by atoms with van der Waals surface area (Å²) in [5, 5.41) is 0. The molecule has 4 heteroatoms. The fourth-order valence-corrected chi connectivity index (χ4v) is 1.58. The molecule has 84 valence electrons. The van der Waals surface area contributed by atoms with E-state index >= 15 is 0 Å². The van der Waals surface area contributed by atoms with Crippen LogP contribution in [0.2, 0.25) is 0 Å². The molecule has 0 atom stereocenters. The van der Waals surface area contributed by atoms with Crippen LogP contribution < -0.4 is 0 Å². The zero-order valence-electron chi connectivity index (χ0n) is 8.96. The summed E-state index contributed by atoms with van der Waals surface area (Å²) in [6.07, 6.45) is 0.865. The van der Waals surface area contributed by atoms with E-state index in [1.54, 1.807) is 0 Å². The first-order chi connectivity index (χ1) is 7.84. The molecule has 1 aliphatic rings. The zero-order valence-corrected chi connectivity index (χ0v) is 8.96. The largest absolute Gasteiger partial charge is 0.783 e. The molecule has 16 heavy (non-hydrogen) atoms. The molecule has 0 unspecified atom stereocenters. The number of nitrogens with zero attached hydrogens (tertiary/aromatic N) is 1. The fourth-order valence-electron chi connectivity index (χ4n) is 1.58. The standard InChI is InChI=1S/C12H14NO3/c14-12-15-8-6-13(7-9-16-12)10-11-4-2-1-3-5-11/h1-5,8H,6-7,9-10H2/q+1. The van der Waals surface area contributed by atoms with Gasteiger partial charge < -0.3 is 4.74 Å². The lowest BCUT2D eigenvalue weighted by Crippen LogP contribution is -2.32. The summed E-state index contributed by atoms with van der Waals surface area (Å²) in [7, 11) is 0. The molecule has 0 aromatic heterocycles. The molecule has 4 nitrogen and oxygen atoms in total. The molecule has 2 rings (SSSR count). The molecule has 0 bridgehead atoms. The number of aldehydes is 1. The van der Waals surface area contributed by atoms with Gasteiger partial charge in [0.2, 0.25) is 0 Å². The molecule has 0 radical (unpaired) electrons. The highest BCUT2D eigenvalue weighted by molar-refractivity contribution is 5.64. The topological polar surface area (TPSA) is 40.8 Å². The van der Waals surface area contributed by atoms with Crippen LogP contribution in [0.15, 0.2) is 30.3 Å². The van der Waals surface area contributed by atoms with Crippen molar-refractivity contribution in [3.8, 4) is 0 Å². The van der Waals surface area contributed by atoms with E-state index in [9.17, 15) is 4.79 Å². The minimum Gasteiger partial charge on any atom is -0.314 e. The summed E-state index contributed by atoms with van der Waals surface area (Å²) in [6, 6.07) is 10.2. The summed E-state index contributed by atoms with van der Waals surface area (Å²) in [6.45, 7) is 2.56. The predicted octanol–water partition coefficient (Wildman–Crippen LogP) is 1.37. The number of hydrogen-bond donors (Lipinski definition) is 0. The molecule has 1 heterocycles. The van der Waals surface area contributed by atoms with E-state index < -0.39 is 6.16 Å². The van der Waals surface area contributed by atoms with E-state index in [1.165, 1.54) is 11.8 Å². The number of carbonyl (C=O) groups is 1. The monoisotopic (exact) mass is 220 g/mol. The Hall–Kier alpha value is -1.68. The van der Waals surface area contributed by atoms with Gasteiger partial charge in [-0.25, -0.2) is 0 Å². The van der Waals surface area contributed by atoms with E-state index in [0.29, 0.717) is 13.2 Å². The third-order valence-electron chi connectivity index (χ3n) is 2.39. The molecule has 0 spiro atoms. The van der Waals surface area contributed by atoms with E-state index in [2.05, 4.69) is 17.0 Å². The number of benzene rings is 1. The quantitative estimate of drug-likeness (QED) is 0.429. The van der Waals surface area contributed by atoms with Crippen molar-refractivity contribution < 1.29 is 14.0 Å². The Morgan fingerprint density at radius 1 is 1.31 bits per heavy atom. The summed E-state index contributed by atoms with van der Waals surface area (Å²) in [5.41, 5.74) is 1.24. The Morgan fingerprint density at radius 2 is 2.12 bits per heavy atom. The molecule has 0 N–H and O–H groups in total. The van der Waals surface area contributed by atoms with Crippen LogP contribution in [0.5, 0.6) is 0 Å². The molecule has 0 saturated heterocycles. The molecule has 0 fully saturated rings. The van der Waals surface area contributed by atoms with Crippen LogP contribution in [-0.2, 0) is 15.7 Å². The van der Waals surface area contributed by atoms with Crippen molar-refractivity contribution in [1.29, 1.82) is 0 Å². The van der Waals surface area contributed by atoms with Crippen molar-refractivity contribution in [3.05, 3.63) is 35.9 Å². The van der Waals surface area contributed by atoms with E-state index in [1.807, 2.05) is 18.2 Å². The molecule has 1 aromatic rings. The highest BCUT2D eigenvalue weighted by Crippen LogP contribution is 2.04. The van der Waals surface area contributed by atoms with Crippen molar-refractivity contribution >= 4 is 12.4 Å². The van der Waals surface area contributed by atoms with Crippen molar-refractivity contribution in [3.63, 3.8) is 0 Å². The van der Waals surface area contributed by atoms with Gasteiger partial charge in [-0.2, -0.15) is 0 Å². The molecule has 0 saturated carbocycles. The Balaban J connectivity index is 1.95. The van der Waals surface area contributed by atoms with Gasteiger partial charge in [0.15, 0.2) is 12.9 Å². The van der Waals surface area contributed by atoms with Crippen LogP contribution >= 0.6 is 0 Å². The summed E-state index contributed by atoms with van der Waals surface area (Å²) in [4.78, 5) is 13.0. The Labute approximate surface area is 94.1 Å². The van der Waals surface area contributed by atoms with Crippen molar-refractivity contribution in [1.82, 2.24) is 4.90 Å². The molecular formula is C12H14NO3+. The number of hydrogen-bond acceptors (Lipinski definition) is 3. The van der Waals surface area contributed by atoms with Gasteiger partial charge >= 0.3 is 6.16 Å². The van der Waals surface area contributed by atoms with E-state index in [-0.39, 0.29) is 0 Å². The lowest BCUT2D eigenvalue weighted by molar-refractivity contribution is -0.366. The van der Waals surface area contributed by atoms with Crippen LogP contribution in [0, 0.1) is 0 Å². The van der Waals surface area contributed by atoms with Crippen LogP contribution in [0.1, 0.15) is 5.56 Å². The third kappa shape index (κ3) is 3.17. The van der Waals surface area contributed by atoms with Gasteiger partial charge in [0, 0.05) is 11.3 Å². The smallest absolute Gasteiger partial charge is 0.314 e. The maximum absolute atomic E-state index is 10.8. The van der Waals surface area contributed by atoms with Crippen LogP contribution in [0.25, 0.3) is 0 Å². The summed E-state index contributed by atoms with van der Waals surface area (Å²) in [5.74, 6) is 0. The second-order valence-corrected chi connectivity index (χ2v) is 3.60. The first kappa shape index (κ1) is 10.8. The van der Waals surface area contributed by atoms with Crippen molar-refractivity contribution in [2.75, 3.05) is 19.7 Å². The van der Waals surface area contributed by atoms with Gasteiger partial charge in [-0.15, -0.1) is 0 Å². The highest BCUT2D eigenvalue weighted by Gasteiger charge is 2.19. The van der Waals surface area contributed by atoms with Gasteiger partial charge in [0.25, 0.3) is 0 Å². The van der Waals surface area contributed by atoms with E-state index in [4.69, 9.17) is 9.16 Å². The fraction of sp³-hybridized carbons (Fsp3) is 0.333. The molecule has 1 aromatic carbocycles. The second-order valence-electron chi connectivity index (χ2n) is 3.60. The first-order valence-electron chi connectivity index (χ1n) is 5.26. The average molecular weight is 220 g/mol. The lowest BCUT2D eigenvalue weighted by atomic mass is 10.2. The van der Waals surface area contributed by atoms with Gasteiger partial charge in [-0.3, -0.25) is 9.32 Å². The Kier molecular flexibility index (Phi) is 3.66. The van der Waals surface area contributed by atoms with Crippen LogP contribution in [-0.4, -0.2) is 37.0 Å². The zero-order chi connectivity index (χ0) is 11.2. The van der Waals surface area contributed by atoms with Crippen LogP contribution in [0.3, 0.4) is 0 Å². The van der Waals surface area contributed by atoms with Crippen molar-refractivity contribution in [2.45, 2.75) is 6.54 Å². The highest BCUT2D eigenvalue weighted by atomic mass is 16.7. The Morgan fingerprint density at radius 3 is 2.94 bits per heavy atom. The number of ether oxygens (including phenoxy) is 1. The number of cyclic esters (lactones) is 1. The first-order valence-corrected chi connectivity index (χ1v) is 5.26. The van der Waals surface area contributed by atoms with Gasteiger partial charge in [-0.05, 0) is 5.56 Å².